The minimum atomic E-state index is -0.0147. The number of aromatic nitrogens is 1. The van der Waals surface area contributed by atoms with Gasteiger partial charge in [0.2, 0.25) is 0 Å². The summed E-state index contributed by atoms with van der Waals surface area (Å²) in [5.74, 6) is -0.0147. The van der Waals surface area contributed by atoms with Crippen LogP contribution >= 0.6 is 0 Å². The van der Waals surface area contributed by atoms with E-state index in [2.05, 4.69) is 4.98 Å². The number of anilines is 1. The van der Waals surface area contributed by atoms with Gasteiger partial charge in [0.1, 0.15) is 0 Å². The Morgan fingerprint density at radius 1 is 1.19 bits per heavy atom. The molecular formula is C17H18N2O2. The second-order valence-corrected chi connectivity index (χ2v) is 5.12. The Morgan fingerprint density at radius 2 is 1.95 bits per heavy atom. The lowest BCUT2D eigenvalue weighted by Gasteiger charge is -2.25. The number of carbonyl (C=O) groups is 1. The van der Waals surface area contributed by atoms with E-state index in [1.165, 1.54) is 0 Å². The van der Waals surface area contributed by atoms with E-state index in [1.807, 2.05) is 30.3 Å². The van der Waals surface area contributed by atoms with Gasteiger partial charge in [0.05, 0.1) is 12.6 Å². The first-order valence-electron chi connectivity index (χ1n) is 7.23. The van der Waals surface area contributed by atoms with Gasteiger partial charge in [-0.1, -0.05) is 18.2 Å². The smallest absolute Gasteiger partial charge is 0.258 e. The van der Waals surface area contributed by atoms with Crippen molar-refractivity contribution in [1.29, 1.82) is 0 Å². The largest absolute Gasteiger partial charge is 0.376 e. The maximum Gasteiger partial charge on any atom is 0.258 e. The van der Waals surface area contributed by atoms with Gasteiger partial charge >= 0.3 is 0 Å². The molecule has 1 aromatic carbocycles. The molecular weight excluding hydrogens is 264 g/mol. The van der Waals surface area contributed by atoms with E-state index in [0.29, 0.717) is 12.1 Å². The zero-order valence-electron chi connectivity index (χ0n) is 11.8. The summed E-state index contributed by atoms with van der Waals surface area (Å²) >= 11 is 0. The standard InChI is InChI=1S/C17H18N2O2/c20-17(14-8-10-18-11-9-14)19(13-16-7-4-12-21-16)15-5-2-1-3-6-15/h1-3,5-6,8-11,16H,4,7,12-13H2. The third kappa shape index (κ3) is 3.28. The average Bonchev–Trinajstić information content (AvgIpc) is 3.07. The number of benzene rings is 1. The Morgan fingerprint density at radius 3 is 2.62 bits per heavy atom. The number of para-hydroxylation sites is 1. The number of hydrogen-bond acceptors (Lipinski definition) is 3. The number of rotatable bonds is 4. The molecule has 2 heterocycles. The normalized spacial score (nSPS) is 17.6. The summed E-state index contributed by atoms with van der Waals surface area (Å²) in [4.78, 5) is 18.5. The first-order chi connectivity index (χ1) is 10.3. The van der Waals surface area contributed by atoms with E-state index in [9.17, 15) is 4.79 Å². The van der Waals surface area contributed by atoms with E-state index < -0.39 is 0 Å². The van der Waals surface area contributed by atoms with E-state index in [0.717, 1.165) is 25.1 Å². The number of amides is 1. The topological polar surface area (TPSA) is 42.4 Å². The molecule has 4 nitrogen and oxygen atoms in total. The SMILES string of the molecule is O=C(c1ccncc1)N(CC1CCCO1)c1ccccc1. The van der Waals surface area contributed by atoms with Gasteiger partial charge in [0.25, 0.3) is 5.91 Å². The Bertz CT molecular complexity index is 580. The third-order valence-electron chi connectivity index (χ3n) is 3.65. The first kappa shape index (κ1) is 13.8. The van der Waals surface area contributed by atoms with Crippen molar-refractivity contribution in [3.63, 3.8) is 0 Å². The summed E-state index contributed by atoms with van der Waals surface area (Å²) in [6, 6.07) is 13.2. The highest BCUT2D eigenvalue weighted by Gasteiger charge is 2.24. The van der Waals surface area contributed by atoms with E-state index in [1.54, 1.807) is 29.4 Å². The van der Waals surface area contributed by atoms with Crippen LogP contribution in [0, 0.1) is 0 Å². The fraction of sp³-hybridized carbons (Fsp3) is 0.294. The highest BCUT2D eigenvalue weighted by atomic mass is 16.5. The lowest BCUT2D eigenvalue weighted by molar-refractivity contribution is 0.0917. The van der Waals surface area contributed by atoms with Crippen molar-refractivity contribution in [2.45, 2.75) is 18.9 Å². The maximum atomic E-state index is 12.8. The van der Waals surface area contributed by atoms with Crippen LogP contribution in [-0.4, -0.2) is 30.1 Å². The van der Waals surface area contributed by atoms with Crippen LogP contribution in [0.1, 0.15) is 23.2 Å². The molecule has 0 aliphatic carbocycles. The molecule has 0 spiro atoms. The molecule has 21 heavy (non-hydrogen) atoms. The van der Waals surface area contributed by atoms with Gasteiger partial charge in [0, 0.05) is 30.3 Å². The summed E-state index contributed by atoms with van der Waals surface area (Å²) in [7, 11) is 0. The van der Waals surface area contributed by atoms with Gasteiger partial charge in [0.15, 0.2) is 0 Å². The molecule has 0 N–H and O–H groups in total. The van der Waals surface area contributed by atoms with E-state index in [-0.39, 0.29) is 12.0 Å². The van der Waals surface area contributed by atoms with Crippen molar-refractivity contribution in [2.24, 2.45) is 0 Å². The Hall–Kier alpha value is -2.20. The minimum Gasteiger partial charge on any atom is -0.376 e. The number of hydrogen-bond donors (Lipinski definition) is 0. The summed E-state index contributed by atoms with van der Waals surface area (Å²) in [5.41, 5.74) is 1.54. The van der Waals surface area contributed by atoms with Crippen molar-refractivity contribution in [3.05, 3.63) is 60.4 Å². The van der Waals surface area contributed by atoms with Crippen LogP contribution in [0.4, 0.5) is 5.69 Å². The first-order valence-corrected chi connectivity index (χ1v) is 7.23. The van der Waals surface area contributed by atoms with Crippen LogP contribution in [0.15, 0.2) is 54.9 Å². The molecule has 1 aliphatic rings. The van der Waals surface area contributed by atoms with Crippen molar-refractivity contribution < 1.29 is 9.53 Å². The van der Waals surface area contributed by atoms with E-state index in [4.69, 9.17) is 4.74 Å². The van der Waals surface area contributed by atoms with Crippen LogP contribution in [0.5, 0.6) is 0 Å². The van der Waals surface area contributed by atoms with Crippen LogP contribution in [0.3, 0.4) is 0 Å². The quantitative estimate of drug-likeness (QED) is 0.866. The van der Waals surface area contributed by atoms with Gasteiger partial charge in [-0.25, -0.2) is 0 Å². The lowest BCUT2D eigenvalue weighted by atomic mass is 10.1. The number of carbonyl (C=O) groups excluding carboxylic acids is 1. The van der Waals surface area contributed by atoms with Crippen LogP contribution < -0.4 is 4.90 Å². The average molecular weight is 282 g/mol. The predicted molar refractivity (Wildman–Crippen MR) is 81.3 cm³/mol. The second kappa shape index (κ2) is 6.50. The Balaban J connectivity index is 1.86. The molecule has 0 radical (unpaired) electrons. The zero-order chi connectivity index (χ0) is 14.5. The monoisotopic (exact) mass is 282 g/mol. The van der Waals surface area contributed by atoms with Gasteiger partial charge in [-0.15, -0.1) is 0 Å². The highest BCUT2D eigenvalue weighted by Crippen LogP contribution is 2.21. The molecule has 4 heteroatoms. The van der Waals surface area contributed by atoms with Crippen molar-refractivity contribution in [2.75, 3.05) is 18.1 Å². The maximum absolute atomic E-state index is 12.8. The minimum absolute atomic E-state index is 0.0147. The summed E-state index contributed by atoms with van der Waals surface area (Å²) in [6.07, 6.45) is 5.48. The van der Waals surface area contributed by atoms with Crippen molar-refractivity contribution in [1.82, 2.24) is 4.98 Å². The molecule has 2 aromatic rings. The van der Waals surface area contributed by atoms with Crippen LogP contribution in [0.25, 0.3) is 0 Å². The molecule has 0 bridgehead atoms. The third-order valence-corrected chi connectivity index (χ3v) is 3.65. The Labute approximate surface area is 124 Å². The molecule has 3 rings (SSSR count). The molecule has 1 unspecified atom stereocenters. The number of pyridine rings is 1. The van der Waals surface area contributed by atoms with Crippen molar-refractivity contribution >= 4 is 11.6 Å². The van der Waals surface area contributed by atoms with Gasteiger partial charge in [-0.3, -0.25) is 9.78 Å². The zero-order valence-corrected chi connectivity index (χ0v) is 11.8. The summed E-state index contributed by atoms with van der Waals surface area (Å²) in [5, 5.41) is 0. The summed E-state index contributed by atoms with van der Waals surface area (Å²) < 4.78 is 5.68. The molecule has 1 aliphatic heterocycles. The molecule has 0 saturated carbocycles. The van der Waals surface area contributed by atoms with Crippen LogP contribution in [-0.2, 0) is 4.74 Å². The fourth-order valence-corrected chi connectivity index (χ4v) is 2.56. The van der Waals surface area contributed by atoms with Crippen molar-refractivity contribution in [3.8, 4) is 0 Å². The molecule has 1 atom stereocenters. The lowest BCUT2D eigenvalue weighted by Crippen LogP contribution is -2.37. The van der Waals surface area contributed by atoms with Gasteiger partial charge in [-0.05, 0) is 37.1 Å². The molecule has 108 valence electrons. The fourth-order valence-electron chi connectivity index (χ4n) is 2.56. The molecule has 1 amide bonds. The molecule has 1 aromatic heterocycles. The molecule has 1 fully saturated rings. The highest BCUT2D eigenvalue weighted by molar-refractivity contribution is 6.06. The van der Waals surface area contributed by atoms with Crippen LogP contribution in [0.2, 0.25) is 0 Å². The van der Waals surface area contributed by atoms with E-state index >= 15 is 0 Å². The summed E-state index contributed by atoms with van der Waals surface area (Å²) in [6.45, 7) is 1.38. The number of ether oxygens (including phenoxy) is 1. The Kier molecular flexibility index (Phi) is 4.26. The van der Waals surface area contributed by atoms with Gasteiger partial charge < -0.3 is 9.64 Å². The molecule has 1 saturated heterocycles. The number of nitrogens with zero attached hydrogens (tertiary/aromatic N) is 2. The van der Waals surface area contributed by atoms with Gasteiger partial charge in [-0.2, -0.15) is 0 Å². The second-order valence-electron chi connectivity index (χ2n) is 5.12. The predicted octanol–water partition coefficient (Wildman–Crippen LogP) is 2.91.